The fraction of sp³-hybridized carbons (Fsp3) is 0.412. The highest BCUT2D eigenvalue weighted by Gasteiger charge is 2.35. The Morgan fingerprint density at radius 3 is 2.19 bits per heavy atom. The minimum absolute atomic E-state index is 0.0980. The SMILES string of the molecule is CCC(C(=O)NC1CCCCC1)N(Cc1ccccc1C)C(=O)CN(c1ccc(C)cc1C)S(=O)(=O)c1ccccc1. The van der Waals surface area contributed by atoms with Gasteiger partial charge in [-0.25, -0.2) is 8.42 Å². The average molecular weight is 590 g/mol. The van der Waals surface area contributed by atoms with Gasteiger partial charge in [0.15, 0.2) is 0 Å². The summed E-state index contributed by atoms with van der Waals surface area (Å²) in [7, 11) is -4.09. The Kier molecular flexibility index (Phi) is 10.4. The van der Waals surface area contributed by atoms with Crippen LogP contribution < -0.4 is 9.62 Å². The van der Waals surface area contributed by atoms with Crippen molar-refractivity contribution < 1.29 is 18.0 Å². The maximum Gasteiger partial charge on any atom is 0.264 e. The molecule has 0 spiro atoms. The molecule has 0 heterocycles. The number of amides is 2. The summed E-state index contributed by atoms with van der Waals surface area (Å²) in [4.78, 5) is 29.7. The Bertz CT molecular complexity index is 1480. The van der Waals surface area contributed by atoms with Crippen LogP contribution in [0.4, 0.5) is 5.69 Å². The molecule has 224 valence electrons. The van der Waals surface area contributed by atoms with E-state index in [1.165, 1.54) is 22.9 Å². The molecule has 42 heavy (non-hydrogen) atoms. The van der Waals surface area contributed by atoms with Crippen molar-refractivity contribution in [2.45, 2.75) is 89.7 Å². The van der Waals surface area contributed by atoms with E-state index in [-0.39, 0.29) is 23.4 Å². The highest BCUT2D eigenvalue weighted by atomic mass is 32.2. The molecule has 1 aliphatic rings. The zero-order valence-electron chi connectivity index (χ0n) is 25.2. The number of anilines is 1. The second kappa shape index (κ2) is 14.0. The van der Waals surface area contributed by atoms with E-state index < -0.39 is 28.5 Å². The number of aryl methyl sites for hydroxylation is 3. The van der Waals surface area contributed by atoms with Crippen molar-refractivity contribution >= 4 is 27.5 Å². The molecule has 3 aromatic rings. The largest absolute Gasteiger partial charge is 0.352 e. The number of benzene rings is 3. The average Bonchev–Trinajstić information content (AvgIpc) is 2.98. The van der Waals surface area contributed by atoms with E-state index in [0.29, 0.717) is 12.1 Å². The minimum Gasteiger partial charge on any atom is -0.352 e. The summed E-state index contributed by atoms with van der Waals surface area (Å²) in [5.74, 6) is -0.612. The van der Waals surface area contributed by atoms with Crippen LogP contribution in [0.3, 0.4) is 0 Å². The molecule has 1 unspecified atom stereocenters. The van der Waals surface area contributed by atoms with Crippen LogP contribution in [0.1, 0.15) is 67.7 Å². The molecule has 8 heteroatoms. The monoisotopic (exact) mass is 589 g/mol. The van der Waals surface area contributed by atoms with Gasteiger partial charge in [-0.05, 0) is 74.9 Å². The van der Waals surface area contributed by atoms with Gasteiger partial charge in [0.1, 0.15) is 12.6 Å². The van der Waals surface area contributed by atoms with Crippen molar-refractivity contribution in [3.63, 3.8) is 0 Å². The fourth-order valence-electron chi connectivity index (χ4n) is 5.75. The molecule has 1 atom stereocenters. The first-order chi connectivity index (χ1) is 20.1. The molecule has 0 bridgehead atoms. The lowest BCUT2D eigenvalue weighted by Crippen LogP contribution is -2.54. The molecule has 1 saturated carbocycles. The van der Waals surface area contributed by atoms with Gasteiger partial charge in [0.2, 0.25) is 11.8 Å². The number of nitrogens with zero attached hydrogens (tertiary/aromatic N) is 2. The third kappa shape index (κ3) is 7.40. The van der Waals surface area contributed by atoms with E-state index in [1.54, 1.807) is 29.2 Å². The third-order valence-corrected chi connectivity index (χ3v) is 9.94. The van der Waals surface area contributed by atoms with Crippen LogP contribution >= 0.6 is 0 Å². The maximum absolute atomic E-state index is 14.3. The van der Waals surface area contributed by atoms with Gasteiger partial charge in [-0.15, -0.1) is 0 Å². The number of carbonyl (C=O) groups is 2. The number of nitrogens with one attached hydrogen (secondary N) is 1. The summed E-state index contributed by atoms with van der Waals surface area (Å²) in [5, 5.41) is 3.20. The highest BCUT2D eigenvalue weighted by molar-refractivity contribution is 7.92. The van der Waals surface area contributed by atoms with Crippen molar-refractivity contribution in [2.24, 2.45) is 0 Å². The number of hydrogen-bond acceptors (Lipinski definition) is 4. The fourth-order valence-corrected chi connectivity index (χ4v) is 7.25. The molecule has 1 aliphatic carbocycles. The smallest absolute Gasteiger partial charge is 0.264 e. The normalized spacial score (nSPS) is 14.7. The lowest BCUT2D eigenvalue weighted by molar-refractivity contribution is -0.140. The van der Waals surface area contributed by atoms with Crippen LogP contribution in [-0.4, -0.2) is 43.8 Å². The lowest BCUT2D eigenvalue weighted by atomic mass is 9.95. The van der Waals surface area contributed by atoms with E-state index in [9.17, 15) is 18.0 Å². The van der Waals surface area contributed by atoms with E-state index in [2.05, 4.69) is 5.32 Å². The van der Waals surface area contributed by atoms with E-state index in [4.69, 9.17) is 0 Å². The summed E-state index contributed by atoms with van der Waals surface area (Å²) in [5.41, 5.74) is 4.09. The van der Waals surface area contributed by atoms with Crippen LogP contribution in [0.25, 0.3) is 0 Å². The van der Waals surface area contributed by atoms with Crippen LogP contribution in [-0.2, 0) is 26.2 Å². The topological polar surface area (TPSA) is 86.8 Å². The van der Waals surface area contributed by atoms with Gasteiger partial charge in [-0.1, -0.05) is 86.3 Å². The molecule has 0 aliphatic heterocycles. The Balaban J connectivity index is 1.73. The van der Waals surface area contributed by atoms with Gasteiger partial charge in [-0.2, -0.15) is 0 Å². The Morgan fingerprint density at radius 2 is 1.55 bits per heavy atom. The molecule has 0 aromatic heterocycles. The summed E-state index contributed by atoms with van der Waals surface area (Å²) < 4.78 is 29.3. The van der Waals surface area contributed by atoms with Gasteiger partial charge in [0.05, 0.1) is 10.6 Å². The van der Waals surface area contributed by atoms with Crippen molar-refractivity contribution in [2.75, 3.05) is 10.8 Å². The van der Waals surface area contributed by atoms with Gasteiger partial charge in [0, 0.05) is 12.6 Å². The molecular weight excluding hydrogens is 546 g/mol. The molecule has 0 saturated heterocycles. The van der Waals surface area contributed by atoms with E-state index in [1.807, 2.05) is 64.1 Å². The second-order valence-electron chi connectivity index (χ2n) is 11.3. The Labute approximate surface area is 251 Å². The quantitative estimate of drug-likeness (QED) is 0.294. The summed E-state index contributed by atoms with van der Waals surface area (Å²) in [6.07, 6.45) is 5.61. The first kappa shape index (κ1) is 31.3. The molecule has 2 amide bonds. The summed E-state index contributed by atoms with van der Waals surface area (Å²) >= 11 is 0. The third-order valence-electron chi connectivity index (χ3n) is 8.17. The van der Waals surface area contributed by atoms with Crippen molar-refractivity contribution in [3.8, 4) is 0 Å². The Hall–Kier alpha value is -3.65. The van der Waals surface area contributed by atoms with Gasteiger partial charge in [0.25, 0.3) is 10.0 Å². The van der Waals surface area contributed by atoms with Crippen LogP contribution in [0, 0.1) is 20.8 Å². The second-order valence-corrected chi connectivity index (χ2v) is 13.2. The standard InChI is InChI=1S/C34H43N3O4S/c1-5-31(34(39)35-29-16-8-6-9-17-29)36(23-28-15-13-12-14-26(28)3)33(38)24-37(32-21-20-25(2)22-27(32)4)42(40,41)30-18-10-7-11-19-30/h7,10-15,18-22,29,31H,5-6,8-9,16-17,23-24H2,1-4H3,(H,35,39). The maximum atomic E-state index is 14.3. The number of carbonyl (C=O) groups excluding carboxylic acids is 2. The molecular formula is C34H43N3O4S. The zero-order valence-corrected chi connectivity index (χ0v) is 26.0. The first-order valence-corrected chi connectivity index (χ1v) is 16.3. The first-order valence-electron chi connectivity index (χ1n) is 14.9. The van der Waals surface area contributed by atoms with Crippen LogP contribution in [0.15, 0.2) is 77.7 Å². The predicted molar refractivity (Wildman–Crippen MR) is 168 cm³/mol. The highest BCUT2D eigenvalue weighted by Crippen LogP contribution is 2.28. The van der Waals surface area contributed by atoms with Gasteiger partial charge >= 0.3 is 0 Å². The molecule has 1 N–H and O–H groups in total. The van der Waals surface area contributed by atoms with Gasteiger partial charge < -0.3 is 10.2 Å². The molecule has 0 radical (unpaired) electrons. The zero-order chi connectivity index (χ0) is 30.3. The lowest BCUT2D eigenvalue weighted by Gasteiger charge is -2.35. The van der Waals surface area contributed by atoms with Crippen molar-refractivity contribution in [1.82, 2.24) is 10.2 Å². The summed E-state index contributed by atoms with van der Waals surface area (Å²) in [6, 6.07) is 20.8. The van der Waals surface area contributed by atoms with Gasteiger partial charge in [-0.3, -0.25) is 13.9 Å². The molecule has 3 aromatic carbocycles. The molecule has 1 fully saturated rings. The minimum atomic E-state index is -4.09. The number of hydrogen-bond donors (Lipinski definition) is 1. The van der Waals surface area contributed by atoms with Crippen molar-refractivity contribution in [3.05, 3.63) is 95.1 Å². The van der Waals surface area contributed by atoms with Crippen molar-refractivity contribution in [1.29, 1.82) is 0 Å². The predicted octanol–water partition coefficient (Wildman–Crippen LogP) is 6.06. The number of rotatable bonds is 11. The van der Waals surface area contributed by atoms with Crippen LogP contribution in [0.2, 0.25) is 0 Å². The van der Waals surface area contributed by atoms with E-state index in [0.717, 1.165) is 47.9 Å². The molecule has 4 rings (SSSR count). The molecule has 7 nitrogen and oxygen atoms in total. The summed E-state index contributed by atoms with van der Waals surface area (Å²) in [6.45, 7) is 7.43. The number of sulfonamides is 1. The van der Waals surface area contributed by atoms with Crippen LogP contribution in [0.5, 0.6) is 0 Å². The van der Waals surface area contributed by atoms with E-state index >= 15 is 0 Å². The Morgan fingerprint density at radius 1 is 0.881 bits per heavy atom.